The molecule has 0 aliphatic carbocycles. The van der Waals surface area contributed by atoms with Crippen molar-refractivity contribution in [1.82, 2.24) is 16.0 Å². The molecule has 3 aromatic carbocycles. The van der Waals surface area contributed by atoms with Crippen molar-refractivity contribution in [2.75, 3.05) is 30.4 Å². The second-order valence-corrected chi connectivity index (χ2v) is 11.4. The number of fused-ring (bicyclic) bond motifs is 1. The van der Waals surface area contributed by atoms with Gasteiger partial charge in [-0.15, -0.1) is 0 Å². The topological polar surface area (TPSA) is 143 Å². The lowest BCUT2D eigenvalue weighted by Gasteiger charge is -2.29. The smallest absolute Gasteiger partial charge is 0.318 e. The quantitative estimate of drug-likeness (QED) is 0.203. The van der Waals surface area contributed by atoms with E-state index in [1.165, 1.54) is 0 Å². The van der Waals surface area contributed by atoms with E-state index in [-0.39, 0.29) is 37.4 Å². The zero-order chi connectivity index (χ0) is 31.0. The van der Waals surface area contributed by atoms with Crippen molar-refractivity contribution in [1.29, 1.82) is 0 Å². The van der Waals surface area contributed by atoms with Gasteiger partial charge in [0.15, 0.2) is 0 Å². The van der Waals surface area contributed by atoms with Crippen LogP contribution >= 0.6 is 0 Å². The second-order valence-electron chi connectivity index (χ2n) is 11.4. The van der Waals surface area contributed by atoms with Crippen molar-refractivity contribution in [2.24, 2.45) is 0 Å². The van der Waals surface area contributed by atoms with Crippen LogP contribution in [0, 0.1) is 0 Å². The zero-order valence-corrected chi connectivity index (χ0v) is 24.9. The average molecular weight is 588 g/mol. The Labute approximate surface area is 252 Å². The number of aliphatic hydroxyl groups excluding tert-OH is 2. The predicted octanol–water partition coefficient (Wildman–Crippen LogP) is 3.18. The first-order valence-electron chi connectivity index (χ1n) is 14.5. The van der Waals surface area contributed by atoms with Crippen LogP contribution in [0.1, 0.15) is 37.8 Å². The molecule has 4 rings (SSSR count). The summed E-state index contributed by atoms with van der Waals surface area (Å²) in [6, 6.07) is 22.2. The molecule has 1 aliphatic rings. The van der Waals surface area contributed by atoms with Gasteiger partial charge < -0.3 is 36.4 Å². The maximum absolute atomic E-state index is 13.9. The number of urea groups is 1. The minimum Gasteiger partial charge on any atom is -0.394 e. The molecule has 10 heteroatoms. The van der Waals surface area contributed by atoms with Crippen LogP contribution in [0.2, 0.25) is 0 Å². The monoisotopic (exact) mass is 587 g/mol. The first-order chi connectivity index (χ1) is 20.6. The fourth-order valence-electron chi connectivity index (χ4n) is 5.18. The number of anilines is 2. The van der Waals surface area contributed by atoms with Gasteiger partial charge in [-0.3, -0.25) is 9.59 Å². The molecule has 43 heavy (non-hydrogen) atoms. The van der Waals surface area contributed by atoms with Crippen molar-refractivity contribution in [3.05, 3.63) is 83.9 Å². The van der Waals surface area contributed by atoms with Crippen molar-refractivity contribution in [2.45, 2.75) is 57.3 Å². The summed E-state index contributed by atoms with van der Waals surface area (Å²) in [4.78, 5) is 40.6. The third-order valence-electron chi connectivity index (χ3n) is 7.52. The van der Waals surface area contributed by atoms with Crippen LogP contribution in [-0.4, -0.2) is 65.9 Å². The van der Waals surface area contributed by atoms with E-state index >= 15 is 0 Å². The van der Waals surface area contributed by atoms with E-state index in [1.807, 2.05) is 86.6 Å². The number of β-amino-alcohol motifs (C(OH)–C–C–N with tert-alkyl or cyclic N) is 1. The summed E-state index contributed by atoms with van der Waals surface area (Å²) >= 11 is 0. The van der Waals surface area contributed by atoms with Gasteiger partial charge in [0.25, 0.3) is 0 Å². The van der Waals surface area contributed by atoms with Gasteiger partial charge in [0.05, 0.1) is 24.9 Å². The summed E-state index contributed by atoms with van der Waals surface area (Å²) in [5.41, 5.74) is 4.63. The van der Waals surface area contributed by atoms with Crippen LogP contribution < -0.4 is 26.2 Å². The number of carbonyl (C=O) groups is 3. The van der Waals surface area contributed by atoms with Crippen LogP contribution in [0.4, 0.5) is 16.2 Å². The lowest BCUT2D eigenvalue weighted by Crippen LogP contribution is -2.51. The predicted molar refractivity (Wildman–Crippen MR) is 168 cm³/mol. The number of aliphatic hydroxyl groups is 2. The van der Waals surface area contributed by atoms with Crippen molar-refractivity contribution >= 4 is 29.2 Å². The number of amides is 4. The van der Waals surface area contributed by atoms with Crippen LogP contribution in [0.15, 0.2) is 72.8 Å². The van der Waals surface area contributed by atoms with E-state index in [0.29, 0.717) is 25.1 Å². The lowest BCUT2D eigenvalue weighted by molar-refractivity contribution is -0.128. The molecule has 1 heterocycles. The Morgan fingerprint density at radius 2 is 1.72 bits per heavy atom. The number of hydrogen-bond donors (Lipinski definition) is 6. The summed E-state index contributed by atoms with van der Waals surface area (Å²) in [5, 5.41) is 30.2. The van der Waals surface area contributed by atoms with Gasteiger partial charge in [-0.1, -0.05) is 60.7 Å². The van der Waals surface area contributed by atoms with Crippen LogP contribution in [0.3, 0.4) is 0 Å². The maximum Gasteiger partial charge on any atom is 0.318 e. The van der Waals surface area contributed by atoms with Gasteiger partial charge in [-0.2, -0.15) is 0 Å². The Hall–Kier alpha value is -4.25. The number of rotatable bonds is 11. The molecular weight excluding hydrogens is 546 g/mol. The van der Waals surface area contributed by atoms with Gasteiger partial charge in [0.1, 0.15) is 6.04 Å². The van der Waals surface area contributed by atoms with Crippen LogP contribution in [-0.2, 0) is 22.6 Å². The van der Waals surface area contributed by atoms with Crippen LogP contribution in [0.25, 0.3) is 11.1 Å². The van der Waals surface area contributed by atoms with Gasteiger partial charge in [-0.25, -0.2) is 4.79 Å². The Morgan fingerprint density at radius 1 is 1.02 bits per heavy atom. The Balaban J connectivity index is 1.51. The number of carbonyl (C=O) groups excluding carboxylic acids is 3. The van der Waals surface area contributed by atoms with Crippen molar-refractivity contribution in [3.63, 3.8) is 0 Å². The molecule has 0 saturated heterocycles. The van der Waals surface area contributed by atoms with Crippen LogP contribution in [0.5, 0.6) is 0 Å². The highest BCUT2D eigenvalue weighted by Crippen LogP contribution is 2.31. The summed E-state index contributed by atoms with van der Waals surface area (Å²) in [6.07, 6.45) is 0.297. The molecule has 228 valence electrons. The van der Waals surface area contributed by atoms with Gasteiger partial charge in [0, 0.05) is 36.8 Å². The third kappa shape index (κ3) is 8.41. The molecule has 4 amide bonds. The molecule has 0 fully saturated rings. The second kappa shape index (κ2) is 14.3. The number of benzene rings is 3. The first kappa shape index (κ1) is 31.7. The highest BCUT2D eigenvalue weighted by Gasteiger charge is 2.32. The largest absolute Gasteiger partial charge is 0.394 e. The van der Waals surface area contributed by atoms with E-state index < -0.39 is 17.7 Å². The molecule has 2 atom stereocenters. The summed E-state index contributed by atoms with van der Waals surface area (Å²) < 4.78 is 0. The molecule has 0 saturated carbocycles. The highest BCUT2D eigenvalue weighted by atomic mass is 16.3. The Kier molecular flexibility index (Phi) is 10.5. The van der Waals surface area contributed by atoms with E-state index in [4.69, 9.17) is 5.11 Å². The van der Waals surface area contributed by atoms with E-state index in [0.717, 1.165) is 27.9 Å². The summed E-state index contributed by atoms with van der Waals surface area (Å²) in [6.45, 7) is 3.78. The van der Waals surface area contributed by atoms with Gasteiger partial charge in [-0.05, 0) is 55.5 Å². The molecule has 0 bridgehead atoms. The minimum atomic E-state index is -0.916. The molecule has 0 radical (unpaired) electrons. The van der Waals surface area contributed by atoms with Gasteiger partial charge >= 0.3 is 6.03 Å². The van der Waals surface area contributed by atoms with E-state index in [9.17, 15) is 19.5 Å². The molecule has 10 nitrogen and oxygen atoms in total. The Morgan fingerprint density at radius 3 is 2.44 bits per heavy atom. The fourth-order valence-corrected chi connectivity index (χ4v) is 5.18. The number of nitrogens with zero attached hydrogens (tertiary/aromatic N) is 1. The SMILES string of the molecule is CNC(=O)Nc1ccccc1-c1ccc(CN2C(=O)[C@H](NC(=O)CC(C)(C)NC[C@H](O)CO)CCc3ccccc32)cc1. The normalized spacial score (nSPS) is 15.7. The maximum atomic E-state index is 13.9. The summed E-state index contributed by atoms with van der Waals surface area (Å²) in [5.74, 6) is -0.447. The number of aryl methyl sites for hydroxylation is 1. The van der Waals surface area contributed by atoms with Crippen molar-refractivity contribution in [3.8, 4) is 11.1 Å². The Bertz CT molecular complexity index is 1430. The molecule has 6 N–H and O–H groups in total. The minimum absolute atomic E-state index is 0.0968. The lowest BCUT2D eigenvalue weighted by atomic mass is 9.99. The average Bonchev–Trinajstić information content (AvgIpc) is 3.12. The number of nitrogens with one attached hydrogen (secondary N) is 4. The van der Waals surface area contributed by atoms with E-state index in [2.05, 4.69) is 21.3 Å². The number of hydrogen-bond acceptors (Lipinski definition) is 6. The zero-order valence-electron chi connectivity index (χ0n) is 24.9. The molecule has 0 unspecified atom stereocenters. The fraction of sp³-hybridized carbons (Fsp3) is 0.364. The molecule has 3 aromatic rings. The van der Waals surface area contributed by atoms with Crippen molar-refractivity contribution < 1.29 is 24.6 Å². The van der Waals surface area contributed by atoms with Gasteiger partial charge in [0.2, 0.25) is 11.8 Å². The third-order valence-corrected chi connectivity index (χ3v) is 7.52. The number of para-hydroxylation sites is 2. The summed E-state index contributed by atoms with van der Waals surface area (Å²) in [7, 11) is 1.57. The molecule has 0 spiro atoms. The highest BCUT2D eigenvalue weighted by molar-refractivity contribution is 6.00. The van der Waals surface area contributed by atoms with E-state index in [1.54, 1.807) is 11.9 Å². The molecule has 0 aromatic heterocycles. The standard InChI is InChI=1S/C33H41N5O5/c1-33(2,35-19-25(40)21-39)18-30(41)36-28-17-16-24-8-4-7-11-29(24)38(31(28)42)20-22-12-14-23(15-13-22)26-9-5-6-10-27(26)37-32(43)34-3/h4-15,25,28,35,39-40H,16-21H2,1-3H3,(H,36,41)(H2,34,37,43)/t25-,28+/m0/s1. The first-order valence-corrected chi connectivity index (χ1v) is 14.5. The molecule has 1 aliphatic heterocycles. The molecular formula is C33H41N5O5.